The van der Waals surface area contributed by atoms with Crippen LogP contribution in [0.2, 0.25) is 5.02 Å². The zero-order chi connectivity index (χ0) is 18.8. The van der Waals surface area contributed by atoms with Crippen molar-refractivity contribution in [3.05, 3.63) is 29.3 Å². The fourth-order valence-electron chi connectivity index (χ4n) is 3.01. The summed E-state index contributed by atoms with van der Waals surface area (Å²) in [6.07, 6.45) is 2.16. The highest BCUT2D eigenvalue weighted by atomic mass is 127. The summed E-state index contributed by atoms with van der Waals surface area (Å²) in [5.74, 6) is 2.79. The van der Waals surface area contributed by atoms with Gasteiger partial charge >= 0.3 is 0 Å². The number of halogens is 2. The van der Waals surface area contributed by atoms with Crippen LogP contribution >= 0.6 is 47.3 Å². The van der Waals surface area contributed by atoms with Crippen molar-refractivity contribution in [3.63, 3.8) is 0 Å². The summed E-state index contributed by atoms with van der Waals surface area (Å²) in [5, 5.41) is 4.23. The second-order valence-corrected chi connectivity index (χ2v) is 8.53. The third-order valence-corrected chi connectivity index (χ3v) is 6.18. The molecule has 0 saturated carbocycles. The smallest absolute Gasteiger partial charge is 0.193 e. The number of nitrogens with zero attached hydrogens (tertiary/aromatic N) is 2. The van der Waals surface area contributed by atoms with Gasteiger partial charge in [-0.1, -0.05) is 24.6 Å². The molecule has 1 aliphatic heterocycles. The van der Waals surface area contributed by atoms with E-state index in [-0.39, 0.29) is 28.7 Å². The summed E-state index contributed by atoms with van der Waals surface area (Å²) in [5.41, 5.74) is 0. The van der Waals surface area contributed by atoms with Gasteiger partial charge in [-0.3, -0.25) is 4.99 Å². The molecule has 0 bridgehead atoms. The molecule has 0 radical (unpaired) electrons. The van der Waals surface area contributed by atoms with E-state index in [9.17, 15) is 0 Å². The van der Waals surface area contributed by atoms with Gasteiger partial charge in [-0.15, -0.1) is 24.0 Å². The predicted octanol–water partition coefficient (Wildman–Crippen LogP) is 4.15. The maximum atomic E-state index is 5.98. The topological polar surface area (TPSA) is 46.1 Å². The predicted molar refractivity (Wildman–Crippen MR) is 127 cm³/mol. The minimum Gasteiger partial charge on any atom is -0.492 e. The zero-order valence-electron chi connectivity index (χ0n) is 16.4. The molecule has 1 aromatic carbocycles. The van der Waals surface area contributed by atoms with Crippen LogP contribution in [-0.2, 0) is 4.74 Å². The van der Waals surface area contributed by atoms with E-state index >= 15 is 0 Å². The lowest BCUT2D eigenvalue weighted by molar-refractivity contribution is 0.0780. The Kier molecular flexibility index (Phi) is 11.8. The molecule has 1 aliphatic rings. The van der Waals surface area contributed by atoms with Gasteiger partial charge in [0.15, 0.2) is 5.96 Å². The minimum atomic E-state index is 0. The lowest BCUT2D eigenvalue weighted by Crippen LogP contribution is -2.49. The van der Waals surface area contributed by atoms with E-state index in [0.717, 1.165) is 56.6 Å². The molecule has 0 aliphatic carbocycles. The fraction of sp³-hybridized carbons (Fsp3) is 0.632. The molecule has 2 rings (SSSR count). The number of nitrogens with one attached hydrogen (secondary N) is 1. The molecule has 0 unspecified atom stereocenters. The van der Waals surface area contributed by atoms with E-state index in [1.165, 1.54) is 0 Å². The lowest BCUT2D eigenvalue weighted by Gasteiger charge is -2.37. The van der Waals surface area contributed by atoms with Crippen LogP contribution in [-0.4, -0.2) is 68.4 Å². The number of aliphatic imine (C=N–C) groups is 1. The van der Waals surface area contributed by atoms with Crippen LogP contribution in [0.3, 0.4) is 0 Å². The fourth-order valence-corrected chi connectivity index (χ4v) is 4.43. The monoisotopic (exact) mass is 527 g/mol. The quantitative estimate of drug-likeness (QED) is 0.313. The molecule has 154 valence electrons. The van der Waals surface area contributed by atoms with Crippen molar-refractivity contribution in [2.24, 2.45) is 4.99 Å². The van der Waals surface area contributed by atoms with Crippen LogP contribution in [0.4, 0.5) is 0 Å². The van der Waals surface area contributed by atoms with Crippen molar-refractivity contribution in [3.8, 4) is 5.75 Å². The molecule has 1 N–H and O–H groups in total. The highest BCUT2D eigenvalue weighted by molar-refractivity contribution is 14.0. The molecule has 0 atom stereocenters. The number of guanidine groups is 1. The summed E-state index contributed by atoms with van der Waals surface area (Å²) < 4.78 is 11.6. The number of hydrogen-bond donors (Lipinski definition) is 1. The van der Waals surface area contributed by atoms with E-state index in [0.29, 0.717) is 11.6 Å². The van der Waals surface area contributed by atoms with Crippen LogP contribution in [0.25, 0.3) is 0 Å². The van der Waals surface area contributed by atoms with Gasteiger partial charge < -0.3 is 19.7 Å². The number of ether oxygens (including phenoxy) is 2. The van der Waals surface area contributed by atoms with Crippen molar-refractivity contribution in [2.45, 2.75) is 24.5 Å². The third kappa shape index (κ3) is 8.25. The Bertz CT molecular complexity index is 580. The maximum Gasteiger partial charge on any atom is 0.193 e. The van der Waals surface area contributed by atoms with Crippen molar-refractivity contribution in [1.29, 1.82) is 0 Å². The second-order valence-electron chi connectivity index (χ2n) is 6.36. The minimum absolute atomic E-state index is 0. The largest absolute Gasteiger partial charge is 0.492 e. The molecule has 1 aromatic rings. The van der Waals surface area contributed by atoms with Crippen LogP contribution in [0.5, 0.6) is 5.75 Å². The van der Waals surface area contributed by atoms with E-state index in [2.05, 4.69) is 22.1 Å². The first-order valence-electron chi connectivity index (χ1n) is 9.10. The molecular formula is C19H31ClIN3O2S. The second kappa shape index (κ2) is 13.0. The van der Waals surface area contributed by atoms with Gasteiger partial charge in [0.2, 0.25) is 0 Å². The number of benzene rings is 1. The Labute approximate surface area is 189 Å². The summed E-state index contributed by atoms with van der Waals surface area (Å²) >= 11 is 8.01. The Morgan fingerprint density at radius 3 is 2.78 bits per heavy atom. The van der Waals surface area contributed by atoms with Gasteiger partial charge in [0.25, 0.3) is 0 Å². The van der Waals surface area contributed by atoms with Gasteiger partial charge in [-0.25, -0.2) is 0 Å². The summed E-state index contributed by atoms with van der Waals surface area (Å²) in [4.78, 5) is 6.51. The maximum absolute atomic E-state index is 5.98. The molecule has 27 heavy (non-hydrogen) atoms. The van der Waals surface area contributed by atoms with Crippen LogP contribution in [0, 0.1) is 0 Å². The Morgan fingerprint density at radius 1 is 1.41 bits per heavy atom. The van der Waals surface area contributed by atoms with E-state index in [1.54, 1.807) is 0 Å². The van der Waals surface area contributed by atoms with E-state index in [1.807, 2.05) is 50.1 Å². The molecule has 8 heteroatoms. The lowest BCUT2D eigenvalue weighted by atomic mass is 9.99. The number of likely N-dealkylation sites (N-methyl/N-ethyl adjacent to an activating group) is 1. The SMILES string of the molecule is CCSC1(CNC(=NC)N(C)CCOc2cccc(Cl)c2)CCOCC1.I. The zero-order valence-corrected chi connectivity index (χ0v) is 20.3. The Hall–Kier alpha value is -0.380. The molecule has 5 nitrogen and oxygen atoms in total. The Balaban J connectivity index is 0.00000364. The van der Waals surface area contributed by atoms with Crippen LogP contribution < -0.4 is 10.1 Å². The highest BCUT2D eigenvalue weighted by Crippen LogP contribution is 2.34. The molecule has 0 aromatic heterocycles. The van der Waals surface area contributed by atoms with Crippen LogP contribution in [0.15, 0.2) is 29.3 Å². The number of hydrogen-bond acceptors (Lipinski definition) is 4. The molecule has 0 amide bonds. The van der Waals surface area contributed by atoms with Gasteiger partial charge in [-0.05, 0) is 36.8 Å². The van der Waals surface area contributed by atoms with E-state index in [4.69, 9.17) is 21.1 Å². The van der Waals surface area contributed by atoms with Gasteiger partial charge in [-0.2, -0.15) is 11.8 Å². The first-order valence-corrected chi connectivity index (χ1v) is 10.5. The van der Waals surface area contributed by atoms with E-state index < -0.39 is 0 Å². The highest BCUT2D eigenvalue weighted by Gasteiger charge is 2.32. The van der Waals surface area contributed by atoms with Crippen molar-refractivity contribution < 1.29 is 9.47 Å². The molecule has 1 heterocycles. The van der Waals surface area contributed by atoms with Gasteiger partial charge in [0.05, 0.1) is 6.54 Å². The van der Waals surface area contributed by atoms with Crippen molar-refractivity contribution >= 4 is 53.3 Å². The number of thioether (sulfide) groups is 1. The normalized spacial score (nSPS) is 16.4. The standard InChI is InChI=1S/C19H30ClN3O2S.HI/c1-4-26-19(8-11-24-12-9-19)15-22-18(21-2)23(3)10-13-25-17-7-5-6-16(20)14-17;/h5-7,14H,4,8-13,15H2,1-3H3,(H,21,22);1H. The van der Waals surface area contributed by atoms with Crippen molar-refractivity contribution in [2.75, 3.05) is 52.8 Å². The summed E-state index contributed by atoms with van der Waals surface area (Å²) in [6, 6.07) is 7.47. The average molecular weight is 528 g/mol. The average Bonchev–Trinajstić information content (AvgIpc) is 2.63. The molecule has 1 saturated heterocycles. The third-order valence-electron chi connectivity index (χ3n) is 4.49. The number of rotatable bonds is 8. The summed E-state index contributed by atoms with van der Waals surface area (Å²) in [6.45, 7) is 6.12. The van der Waals surface area contributed by atoms with Gasteiger partial charge in [0, 0.05) is 43.6 Å². The van der Waals surface area contributed by atoms with Gasteiger partial charge in [0.1, 0.15) is 12.4 Å². The molecule has 1 fully saturated rings. The summed E-state index contributed by atoms with van der Waals surface area (Å²) in [7, 11) is 3.85. The first kappa shape index (κ1) is 24.7. The Morgan fingerprint density at radius 2 is 2.15 bits per heavy atom. The van der Waals surface area contributed by atoms with Crippen molar-refractivity contribution in [1.82, 2.24) is 10.2 Å². The first-order chi connectivity index (χ1) is 12.6. The molecular weight excluding hydrogens is 497 g/mol. The molecule has 0 spiro atoms. The van der Waals surface area contributed by atoms with Crippen LogP contribution in [0.1, 0.15) is 19.8 Å².